The summed E-state index contributed by atoms with van der Waals surface area (Å²) < 4.78 is 6.04. The predicted octanol–water partition coefficient (Wildman–Crippen LogP) is 4.35. The van der Waals surface area contributed by atoms with Gasteiger partial charge in [-0.15, -0.1) is 0 Å². The molecule has 1 aromatic heterocycles. The Kier molecular flexibility index (Phi) is 7.30. The molecule has 1 saturated carbocycles. The summed E-state index contributed by atoms with van der Waals surface area (Å²) in [4.78, 5) is 17.6. The predicted molar refractivity (Wildman–Crippen MR) is 126 cm³/mol. The van der Waals surface area contributed by atoms with Gasteiger partial charge >= 0.3 is 0 Å². The van der Waals surface area contributed by atoms with Crippen molar-refractivity contribution in [1.82, 2.24) is 10.3 Å². The number of ketones is 1. The number of hydrogen-bond donors (Lipinski definition) is 2. The highest BCUT2D eigenvalue weighted by Gasteiger charge is 2.23. The van der Waals surface area contributed by atoms with Gasteiger partial charge in [0, 0.05) is 37.3 Å². The first kappa shape index (κ1) is 22.2. The number of aliphatic hydroxyl groups excluding tert-OH is 1. The molecular formula is C27H30N2O3. The third-order valence-electron chi connectivity index (χ3n) is 5.89. The lowest BCUT2D eigenvalue weighted by atomic mass is 9.93. The minimum atomic E-state index is -0.0237. The lowest BCUT2D eigenvalue weighted by Crippen LogP contribution is -2.19. The number of hydrogen-bond acceptors (Lipinski definition) is 5. The average molecular weight is 431 g/mol. The number of carbonyl (C=O) groups is 1. The van der Waals surface area contributed by atoms with Gasteiger partial charge in [0.05, 0.1) is 13.2 Å². The lowest BCUT2D eigenvalue weighted by molar-refractivity contribution is 0.0987. The summed E-state index contributed by atoms with van der Waals surface area (Å²) in [6, 6.07) is 18.1. The molecule has 1 aliphatic carbocycles. The summed E-state index contributed by atoms with van der Waals surface area (Å²) in [5, 5.41) is 12.2. The van der Waals surface area contributed by atoms with Gasteiger partial charge in [0.25, 0.3) is 0 Å². The zero-order valence-electron chi connectivity index (χ0n) is 18.5. The molecule has 4 rings (SSSR count). The number of nitrogens with zero attached hydrogens (tertiary/aromatic N) is 1. The summed E-state index contributed by atoms with van der Waals surface area (Å²) >= 11 is 0. The molecular weight excluding hydrogens is 400 g/mol. The van der Waals surface area contributed by atoms with Gasteiger partial charge in [-0.1, -0.05) is 48.5 Å². The molecule has 0 bridgehead atoms. The molecule has 5 nitrogen and oxygen atoms in total. The molecule has 0 amide bonds. The van der Waals surface area contributed by atoms with Crippen molar-refractivity contribution in [1.29, 1.82) is 0 Å². The van der Waals surface area contributed by atoms with Crippen molar-refractivity contribution in [3.8, 4) is 16.9 Å². The Bertz CT molecular complexity index is 1060. The Morgan fingerprint density at radius 1 is 1.12 bits per heavy atom. The van der Waals surface area contributed by atoms with E-state index in [0.29, 0.717) is 43.5 Å². The molecule has 166 valence electrons. The topological polar surface area (TPSA) is 71.5 Å². The maximum absolute atomic E-state index is 13.1. The third-order valence-corrected chi connectivity index (χ3v) is 5.89. The highest BCUT2D eigenvalue weighted by Crippen LogP contribution is 2.31. The molecule has 32 heavy (non-hydrogen) atoms. The van der Waals surface area contributed by atoms with Gasteiger partial charge in [0.1, 0.15) is 11.4 Å². The van der Waals surface area contributed by atoms with Crippen LogP contribution in [0.2, 0.25) is 0 Å². The van der Waals surface area contributed by atoms with Crippen LogP contribution >= 0.6 is 0 Å². The van der Waals surface area contributed by atoms with Crippen molar-refractivity contribution in [2.45, 2.75) is 32.7 Å². The standard InChI is InChI=1S/C27H30N2O3/c1-19-22(8-5-9-24(19)21-6-3-2-4-7-21)14-26(31)25-15-27(32-18-20-10-11-20)23(17-29-25)16-28-12-13-30/h2-9,15,17,20,28,30H,10-14,16,18H2,1H3. The van der Waals surface area contributed by atoms with Crippen molar-refractivity contribution in [2.75, 3.05) is 19.8 Å². The number of ether oxygens (including phenoxy) is 1. The van der Waals surface area contributed by atoms with Crippen LogP contribution in [-0.2, 0) is 13.0 Å². The summed E-state index contributed by atoms with van der Waals surface area (Å²) in [5.74, 6) is 1.30. The van der Waals surface area contributed by atoms with Crippen LogP contribution in [0.15, 0.2) is 60.8 Å². The monoisotopic (exact) mass is 430 g/mol. The molecule has 1 aliphatic rings. The van der Waals surface area contributed by atoms with Crippen molar-refractivity contribution >= 4 is 5.78 Å². The molecule has 0 atom stereocenters. The van der Waals surface area contributed by atoms with Gasteiger partial charge < -0.3 is 15.2 Å². The molecule has 3 aromatic rings. The zero-order chi connectivity index (χ0) is 22.3. The number of rotatable bonds is 11. The lowest BCUT2D eigenvalue weighted by Gasteiger charge is -2.14. The van der Waals surface area contributed by atoms with E-state index in [1.165, 1.54) is 12.8 Å². The molecule has 2 aromatic carbocycles. The van der Waals surface area contributed by atoms with E-state index >= 15 is 0 Å². The van der Waals surface area contributed by atoms with E-state index in [2.05, 4.69) is 35.4 Å². The number of aliphatic hydroxyl groups is 1. The molecule has 5 heteroatoms. The second-order valence-electron chi connectivity index (χ2n) is 8.39. The number of pyridine rings is 1. The number of carbonyl (C=O) groups excluding carboxylic acids is 1. The Hall–Kier alpha value is -3.02. The quantitative estimate of drug-likeness (QED) is 0.350. The second-order valence-corrected chi connectivity index (χ2v) is 8.39. The highest BCUT2D eigenvalue weighted by atomic mass is 16.5. The van der Waals surface area contributed by atoms with Crippen LogP contribution in [0, 0.1) is 12.8 Å². The maximum atomic E-state index is 13.1. The van der Waals surface area contributed by atoms with E-state index in [9.17, 15) is 4.79 Å². The van der Waals surface area contributed by atoms with Gasteiger partial charge in [-0.3, -0.25) is 9.78 Å². The molecule has 0 aliphatic heterocycles. The number of nitrogens with one attached hydrogen (secondary N) is 1. The van der Waals surface area contributed by atoms with Gasteiger partial charge in [-0.25, -0.2) is 0 Å². The fourth-order valence-electron chi connectivity index (χ4n) is 3.75. The van der Waals surface area contributed by atoms with Crippen LogP contribution < -0.4 is 10.1 Å². The molecule has 2 N–H and O–H groups in total. The fourth-order valence-corrected chi connectivity index (χ4v) is 3.75. The number of Topliss-reactive ketones (excluding diaryl/α,β-unsaturated/α-hetero) is 1. The van der Waals surface area contributed by atoms with Crippen LogP contribution in [0.25, 0.3) is 11.1 Å². The SMILES string of the molecule is Cc1c(CC(=O)c2cc(OCC3CC3)c(CNCCO)cn2)cccc1-c1ccccc1. The average Bonchev–Trinajstić information content (AvgIpc) is 3.65. The number of aromatic nitrogens is 1. The van der Waals surface area contributed by atoms with Gasteiger partial charge in [-0.05, 0) is 47.9 Å². The Morgan fingerprint density at radius 3 is 2.69 bits per heavy atom. The van der Waals surface area contributed by atoms with Crippen molar-refractivity contribution in [3.63, 3.8) is 0 Å². The molecule has 1 fully saturated rings. The van der Waals surface area contributed by atoms with E-state index in [0.717, 1.165) is 27.8 Å². The van der Waals surface area contributed by atoms with Crippen molar-refractivity contribution in [3.05, 3.63) is 83.2 Å². The van der Waals surface area contributed by atoms with Gasteiger partial charge in [0.15, 0.2) is 5.78 Å². The minimum Gasteiger partial charge on any atom is -0.493 e. The van der Waals surface area contributed by atoms with Crippen molar-refractivity contribution < 1.29 is 14.6 Å². The van der Waals surface area contributed by atoms with E-state index in [1.54, 1.807) is 12.3 Å². The first-order valence-electron chi connectivity index (χ1n) is 11.3. The van der Waals surface area contributed by atoms with Crippen LogP contribution in [0.3, 0.4) is 0 Å². The Labute approximate surface area is 189 Å². The zero-order valence-corrected chi connectivity index (χ0v) is 18.5. The van der Waals surface area contributed by atoms with Gasteiger partial charge in [0.2, 0.25) is 0 Å². The summed E-state index contributed by atoms with van der Waals surface area (Å²) in [5.41, 5.74) is 5.73. The minimum absolute atomic E-state index is 0.0237. The number of benzene rings is 2. The van der Waals surface area contributed by atoms with E-state index < -0.39 is 0 Å². The Balaban J connectivity index is 1.53. The van der Waals surface area contributed by atoms with Crippen LogP contribution in [0.5, 0.6) is 5.75 Å². The van der Waals surface area contributed by atoms with E-state index in [4.69, 9.17) is 9.84 Å². The van der Waals surface area contributed by atoms with Crippen LogP contribution in [0.4, 0.5) is 0 Å². The smallest absolute Gasteiger partial charge is 0.185 e. The van der Waals surface area contributed by atoms with Crippen LogP contribution in [-0.4, -0.2) is 35.6 Å². The fraction of sp³-hybridized carbons (Fsp3) is 0.333. The molecule has 1 heterocycles. The molecule has 0 saturated heterocycles. The first-order chi connectivity index (χ1) is 15.7. The normalized spacial score (nSPS) is 13.2. The highest BCUT2D eigenvalue weighted by molar-refractivity contribution is 5.96. The Morgan fingerprint density at radius 2 is 1.94 bits per heavy atom. The van der Waals surface area contributed by atoms with Gasteiger partial charge in [-0.2, -0.15) is 0 Å². The third kappa shape index (κ3) is 5.61. The summed E-state index contributed by atoms with van der Waals surface area (Å²) in [6.45, 7) is 3.85. The molecule has 0 spiro atoms. The first-order valence-corrected chi connectivity index (χ1v) is 11.3. The summed E-state index contributed by atoms with van der Waals surface area (Å²) in [6.07, 6.45) is 4.41. The summed E-state index contributed by atoms with van der Waals surface area (Å²) in [7, 11) is 0. The van der Waals surface area contributed by atoms with E-state index in [1.807, 2.05) is 30.3 Å². The molecule has 0 unspecified atom stereocenters. The van der Waals surface area contributed by atoms with Crippen LogP contribution in [0.1, 0.15) is 40.0 Å². The molecule has 0 radical (unpaired) electrons. The van der Waals surface area contributed by atoms with Crippen molar-refractivity contribution in [2.24, 2.45) is 5.92 Å². The maximum Gasteiger partial charge on any atom is 0.185 e. The second kappa shape index (κ2) is 10.5. The largest absolute Gasteiger partial charge is 0.493 e. The van der Waals surface area contributed by atoms with E-state index in [-0.39, 0.29) is 12.4 Å².